The van der Waals surface area contributed by atoms with E-state index < -0.39 is 0 Å². The van der Waals surface area contributed by atoms with Gasteiger partial charge < -0.3 is 5.32 Å². The van der Waals surface area contributed by atoms with Gasteiger partial charge in [0, 0.05) is 35.0 Å². The summed E-state index contributed by atoms with van der Waals surface area (Å²) in [6.45, 7) is 1.13. The van der Waals surface area contributed by atoms with Crippen molar-refractivity contribution in [3.05, 3.63) is 27.7 Å². The lowest BCUT2D eigenvalue weighted by Crippen LogP contribution is -2.38. The first kappa shape index (κ1) is 12.0. The standard InChI is InChI=1S/C12H13BrN2S2/c13-8-1-2-10-11(5-8)17-12(15-10)6-9-7-16-4-3-14-9/h1-2,5,9,14H,3-4,6-7H2. The van der Waals surface area contributed by atoms with Crippen molar-refractivity contribution in [1.82, 2.24) is 10.3 Å². The molecule has 1 N–H and O–H groups in total. The van der Waals surface area contributed by atoms with Crippen LogP contribution in [0.5, 0.6) is 0 Å². The van der Waals surface area contributed by atoms with E-state index in [1.54, 1.807) is 0 Å². The Kier molecular flexibility index (Phi) is 3.70. The number of hydrogen-bond donors (Lipinski definition) is 1. The van der Waals surface area contributed by atoms with Crippen molar-refractivity contribution in [3.63, 3.8) is 0 Å². The molecular formula is C12H13BrN2S2. The average Bonchev–Trinajstić information content (AvgIpc) is 2.71. The third-order valence-corrected chi connectivity index (χ3v) is 5.48. The minimum Gasteiger partial charge on any atom is -0.312 e. The van der Waals surface area contributed by atoms with Crippen molar-refractivity contribution in [3.8, 4) is 0 Å². The summed E-state index contributed by atoms with van der Waals surface area (Å²) in [6.07, 6.45) is 1.06. The van der Waals surface area contributed by atoms with Gasteiger partial charge in [-0.15, -0.1) is 11.3 Å². The quantitative estimate of drug-likeness (QED) is 0.915. The molecule has 1 atom stereocenters. The number of benzene rings is 1. The van der Waals surface area contributed by atoms with Gasteiger partial charge in [-0.25, -0.2) is 4.98 Å². The number of aromatic nitrogens is 1. The number of hydrogen-bond acceptors (Lipinski definition) is 4. The number of halogens is 1. The van der Waals surface area contributed by atoms with Crippen LogP contribution < -0.4 is 5.32 Å². The van der Waals surface area contributed by atoms with Crippen molar-refractivity contribution in [2.45, 2.75) is 12.5 Å². The van der Waals surface area contributed by atoms with Crippen molar-refractivity contribution >= 4 is 49.2 Å². The summed E-state index contributed by atoms with van der Waals surface area (Å²) in [6, 6.07) is 6.89. The van der Waals surface area contributed by atoms with Crippen molar-refractivity contribution < 1.29 is 0 Å². The SMILES string of the molecule is Brc1ccc2nc(CC3CSCCN3)sc2c1. The third kappa shape index (κ3) is 2.84. The Morgan fingerprint density at radius 2 is 2.41 bits per heavy atom. The number of fused-ring (bicyclic) bond motifs is 1. The second-order valence-corrected chi connectivity index (χ2v) is 7.33. The molecule has 5 heteroatoms. The van der Waals surface area contributed by atoms with Gasteiger partial charge in [-0.1, -0.05) is 15.9 Å². The number of nitrogens with zero attached hydrogens (tertiary/aromatic N) is 1. The van der Waals surface area contributed by atoms with Gasteiger partial charge in [-0.05, 0) is 18.2 Å². The second kappa shape index (κ2) is 5.26. The zero-order valence-electron chi connectivity index (χ0n) is 9.28. The van der Waals surface area contributed by atoms with Crippen molar-refractivity contribution in [2.24, 2.45) is 0 Å². The molecule has 0 aliphatic carbocycles. The van der Waals surface area contributed by atoms with Gasteiger partial charge in [0.25, 0.3) is 0 Å². The third-order valence-electron chi connectivity index (χ3n) is 2.81. The molecule has 1 fully saturated rings. The largest absolute Gasteiger partial charge is 0.312 e. The number of nitrogens with one attached hydrogen (secondary N) is 1. The minimum absolute atomic E-state index is 0.595. The Bertz CT molecular complexity index is 520. The fourth-order valence-corrected chi connectivity index (χ4v) is 4.54. The van der Waals surface area contributed by atoms with E-state index in [1.165, 1.54) is 21.2 Å². The molecule has 0 amide bonds. The van der Waals surface area contributed by atoms with Crippen LogP contribution in [0.25, 0.3) is 10.2 Å². The molecule has 1 aliphatic heterocycles. The van der Waals surface area contributed by atoms with Gasteiger partial charge in [-0.2, -0.15) is 11.8 Å². The Balaban J connectivity index is 1.80. The van der Waals surface area contributed by atoms with E-state index in [1.807, 2.05) is 23.1 Å². The zero-order chi connectivity index (χ0) is 11.7. The van der Waals surface area contributed by atoms with Crippen LogP contribution in [-0.2, 0) is 6.42 Å². The van der Waals surface area contributed by atoms with Gasteiger partial charge >= 0.3 is 0 Å². The molecule has 90 valence electrons. The van der Waals surface area contributed by atoms with Gasteiger partial charge in [0.1, 0.15) is 0 Å². The number of rotatable bonds is 2. The van der Waals surface area contributed by atoms with Crippen LogP contribution in [0.15, 0.2) is 22.7 Å². The maximum absolute atomic E-state index is 4.70. The highest BCUT2D eigenvalue weighted by Crippen LogP contribution is 2.26. The van der Waals surface area contributed by atoms with Gasteiger partial charge in [0.15, 0.2) is 0 Å². The van der Waals surface area contributed by atoms with Gasteiger partial charge in [0.2, 0.25) is 0 Å². The molecule has 0 radical (unpaired) electrons. The Hall–Kier alpha value is -0.100. The molecule has 2 nitrogen and oxygen atoms in total. The van der Waals surface area contributed by atoms with Crippen molar-refractivity contribution in [2.75, 3.05) is 18.1 Å². The summed E-state index contributed by atoms with van der Waals surface area (Å²) in [5.41, 5.74) is 1.12. The maximum atomic E-state index is 4.70. The number of thioether (sulfide) groups is 1. The van der Waals surface area contributed by atoms with Crippen LogP contribution >= 0.6 is 39.0 Å². The lowest BCUT2D eigenvalue weighted by molar-refractivity contribution is 0.562. The first-order valence-corrected chi connectivity index (χ1v) is 8.44. The lowest BCUT2D eigenvalue weighted by atomic mass is 10.2. The predicted molar refractivity (Wildman–Crippen MR) is 80.1 cm³/mol. The highest BCUT2D eigenvalue weighted by atomic mass is 79.9. The second-order valence-electron chi connectivity index (χ2n) is 4.15. The highest BCUT2D eigenvalue weighted by molar-refractivity contribution is 9.10. The molecule has 0 bridgehead atoms. The number of thiazole rings is 1. The molecule has 1 aromatic carbocycles. The van der Waals surface area contributed by atoms with E-state index in [0.29, 0.717) is 6.04 Å². The maximum Gasteiger partial charge on any atom is 0.0954 e. The van der Waals surface area contributed by atoms with Gasteiger partial charge in [0.05, 0.1) is 15.2 Å². The zero-order valence-corrected chi connectivity index (χ0v) is 12.5. The summed E-state index contributed by atoms with van der Waals surface area (Å²) < 4.78 is 2.41. The molecule has 1 aliphatic rings. The van der Waals surface area contributed by atoms with E-state index in [2.05, 4.69) is 39.4 Å². The monoisotopic (exact) mass is 328 g/mol. The minimum atomic E-state index is 0.595. The molecule has 3 rings (SSSR count). The van der Waals surface area contributed by atoms with Crippen LogP contribution in [0.1, 0.15) is 5.01 Å². The summed E-state index contributed by atoms with van der Waals surface area (Å²) >= 11 is 7.36. The van der Waals surface area contributed by atoms with Crippen LogP contribution in [0, 0.1) is 0 Å². The normalized spacial score (nSPS) is 20.9. The van der Waals surface area contributed by atoms with E-state index in [-0.39, 0.29) is 0 Å². The highest BCUT2D eigenvalue weighted by Gasteiger charge is 2.15. The lowest BCUT2D eigenvalue weighted by Gasteiger charge is -2.21. The molecular weight excluding hydrogens is 316 g/mol. The summed E-state index contributed by atoms with van der Waals surface area (Å²) in [5, 5.41) is 4.81. The summed E-state index contributed by atoms with van der Waals surface area (Å²) in [5.74, 6) is 2.45. The van der Waals surface area contributed by atoms with E-state index in [0.717, 1.165) is 23.0 Å². The Morgan fingerprint density at radius 1 is 1.47 bits per heavy atom. The van der Waals surface area contributed by atoms with E-state index >= 15 is 0 Å². The smallest absolute Gasteiger partial charge is 0.0954 e. The van der Waals surface area contributed by atoms with Gasteiger partial charge in [-0.3, -0.25) is 0 Å². The molecule has 1 saturated heterocycles. The molecule has 1 aromatic heterocycles. The summed E-state index contributed by atoms with van der Waals surface area (Å²) in [7, 11) is 0. The van der Waals surface area contributed by atoms with E-state index in [4.69, 9.17) is 4.98 Å². The molecule has 1 unspecified atom stereocenters. The first-order chi connectivity index (χ1) is 8.31. The van der Waals surface area contributed by atoms with Crippen LogP contribution in [0.3, 0.4) is 0 Å². The molecule has 2 aromatic rings. The Morgan fingerprint density at radius 3 is 3.24 bits per heavy atom. The average molecular weight is 329 g/mol. The van der Waals surface area contributed by atoms with Crippen LogP contribution in [0.4, 0.5) is 0 Å². The molecule has 17 heavy (non-hydrogen) atoms. The molecule has 2 heterocycles. The van der Waals surface area contributed by atoms with Crippen LogP contribution in [-0.4, -0.2) is 29.1 Å². The first-order valence-electron chi connectivity index (χ1n) is 5.67. The van der Waals surface area contributed by atoms with Crippen molar-refractivity contribution in [1.29, 1.82) is 0 Å². The fraction of sp³-hybridized carbons (Fsp3) is 0.417. The predicted octanol–water partition coefficient (Wildman–Crippen LogP) is 3.31. The molecule has 0 saturated carbocycles. The van der Waals surface area contributed by atoms with Crippen LogP contribution in [0.2, 0.25) is 0 Å². The summed E-state index contributed by atoms with van der Waals surface area (Å²) in [4.78, 5) is 4.70. The fourth-order valence-electron chi connectivity index (χ4n) is 2.00. The Labute approximate surface area is 117 Å². The molecule has 0 spiro atoms. The topological polar surface area (TPSA) is 24.9 Å². The van der Waals surface area contributed by atoms with E-state index in [9.17, 15) is 0 Å².